The first-order valence-electron chi connectivity index (χ1n) is 8.56. The number of nitrogens with zero attached hydrogens (tertiary/aromatic N) is 1. The number of hydrogen-bond acceptors (Lipinski definition) is 3. The molecule has 2 amide bonds. The standard InChI is InChI=1S/C20H21ClN2O4/c1-3-23(4-2)19(25)16-9-8-15(12-17(16)21)22-18(24)11-13-6-5-7-14(10-13)20(26)27/h5-10,12H,3-4,11H2,1-2H3,(H,22,24)(H,26,27). The average Bonchev–Trinajstić information content (AvgIpc) is 2.62. The minimum Gasteiger partial charge on any atom is -0.478 e. The number of amides is 2. The number of carbonyl (C=O) groups is 3. The lowest BCUT2D eigenvalue weighted by atomic mass is 10.1. The third-order valence-electron chi connectivity index (χ3n) is 4.07. The number of carbonyl (C=O) groups excluding carboxylic acids is 2. The van der Waals surface area contributed by atoms with Crippen LogP contribution in [0.3, 0.4) is 0 Å². The summed E-state index contributed by atoms with van der Waals surface area (Å²) in [6.45, 7) is 4.95. The summed E-state index contributed by atoms with van der Waals surface area (Å²) in [5.41, 5.74) is 1.57. The molecule has 6 nitrogen and oxygen atoms in total. The highest BCUT2D eigenvalue weighted by molar-refractivity contribution is 6.34. The Kier molecular flexibility index (Phi) is 6.96. The van der Waals surface area contributed by atoms with E-state index < -0.39 is 5.97 Å². The largest absolute Gasteiger partial charge is 0.478 e. The van der Waals surface area contributed by atoms with Crippen molar-refractivity contribution in [3.63, 3.8) is 0 Å². The molecule has 0 bridgehead atoms. The molecule has 2 aromatic carbocycles. The van der Waals surface area contributed by atoms with Crippen LogP contribution in [0.15, 0.2) is 42.5 Å². The highest BCUT2D eigenvalue weighted by Crippen LogP contribution is 2.23. The number of anilines is 1. The quantitative estimate of drug-likeness (QED) is 0.757. The van der Waals surface area contributed by atoms with Crippen molar-refractivity contribution in [2.45, 2.75) is 20.3 Å². The Morgan fingerprint density at radius 3 is 2.37 bits per heavy atom. The Balaban J connectivity index is 2.08. The summed E-state index contributed by atoms with van der Waals surface area (Å²) in [6.07, 6.45) is 0.0267. The fraction of sp³-hybridized carbons (Fsp3) is 0.250. The molecular weight excluding hydrogens is 368 g/mol. The van der Waals surface area contributed by atoms with Gasteiger partial charge in [-0.25, -0.2) is 4.79 Å². The molecule has 0 saturated carbocycles. The second kappa shape index (κ2) is 9.19. The lowest BCUT2D eigenvalue weighted by Gasteiger charge is -2.19. The van der Waals surface area contributed by atoms with Gasteiger partial charge in [-0.05, 0) is 49.7 Å². The molecule has 0 radical (unpaired) electrons. The summed E-state index contributed by atoms with van der Waals surface area (Å²) < 4.78 is 0. The topological polar surface area (TPSA) is 86.7 Å². The molecule has 2 rings (SSSR count). The maximum atomic E-state index is 12.4. The van der Waals surface area contributed by atoms with Crippen LogP contribution in [0.1, 0.15) is 40.1 Å². The number of halogens is 1. The first-order valence-corrected chi connectivity index (χ1v) is 8.94. The molecule has 0 aliphatic rings. The SMILES string of the molecule is CCN(CC)C(=O)c1ccc(NC(=O)Cc2cccc(C(=O)O)c2)cc1Cl. The van der Waals surface area contributed by atoms with Crippen LogP contribution in [-0.2, 0) is 11.2 Å². The Labute approximate surface area is 162 Å². The molecule has 0 atom stereocenters. The van der Waals surface area contributed by atoms with E-state index in [-0.39, 0.29) is 28.8 Å². The average molecular weight is 389 g/mol. The van der Waals surface area contributed by atoms with Gasteiger partial charge in [-0.15, -0.1) is 0 Å². The van der Waals surface area contributed by atoms with Gasteiger partial charge in [0.15, 0.2) is 0 Å². The minimum atomic E-state index is -1.04. The molecule has 2 aromatic rings. The number of aromatic carboxylic acids is 1. The van der Waals surface area contributed by atoms with Gasteiger partial charge >= 0.3 is 5.97 Å². The van der Waals surface area contributed by atoms with Crippen molar-refractivity contribution >= 4 is 35.1 Å². The Bertz CT molecular complexity index is 863. The highest BCUT2D eigenvalue weighted by Gasteiger charge is 2.16. The third kappa shape index (κ3) is 5.31. The van der Waals surface area contributed by atoms with E-state index >= 15 is 0 Å². The van der Waals surface area contributed by atoms with Crippen molar-refractivity contribution in [2.75, 3.05) is 18.4 Å². The molecule has 0 aliphatic heterocycles. The normalized spacial score (nSPS) is 10.3. The highest BCUT2D eigenvalue weighted by atomic mass is 35.5. The summed E-state index contributed by atoms with van der Waals surface area (Å²) >= 11 is 6.22. The van der Waals surface area contributed by atoms with Gasteiger partial charge in [0.25, 0.3) is 5.91 Å². The van der Waals surface area contributed by atoms with Crippen LogP contribution < -0.4 is 5.32 Å². The predicted molar refractivity (Wildman–Crippen MR) is 104 cm³/mol. The van der Waals surface area contributed by atoms with E-state index in [1.807, 2.05) is 13.8 Å². The van der Waals surface area contributed by atoms with E-state index in [4.69, 9.17) is 16.7 Å². The minimum absolute atomic E-state index is 0.0267. The van der Waals surface area contributed by atoms with Gasteiger partial charge in [-0.2, -0.15) is 0 Å². The van der Waals surface area contributed by atoms with Gasteiger partial charge in [-0.1, -0.05) is 23.7 Å². The molecule has 0 heterocycles. The summed E-state index contributed by atoms with van der Waals surface area (Å²) in [5.74, 6) is -1.51. The molecule has 142 valence electrons. The van der Waals surface area contributed by atoms with Gasteiger partial charge in [0.2, 0.25) is 5.91 Å². The summed E-state index contributed by atoms with van der Waals surface area (Å²) in [4.78, 5) is 37.3. The lowest BCUT2D eigenvalue weighted by molar-refractivity contribution is -0.115. The summed E-state index contributed by atoms with van der Waals surface area (Å²) in [7, 11) is 0. The van der Waals surface area contributed by atoms with Gasteiger partial charge in [-0.3, -0.25) is 9.59 Å². The van der Waals surface area contributed by atoms with Crippen molar-refractivity contribution in [1.82, 2.24) is 4.90 Å². The Morgan fingerprint density at radius 2 is 1.78 bits per heavy atom. The predicted octanol–water partition coefficient (Wildman–Crippen LogP) is 3.70. The van der Waals surface area contributed by atoms with Crippen LogP contribution >= 0.6 is 11.6 Å². The number of carboxylic acids is 1. The van der Waals surface area contributed by atoms with Crippen LogP contribution in [0.25, 0.3) is 0 Å². The monoisotopic (exact) mass is 388 g/mol. The second-order valence-electron chi connectivity index (χ2n) is 5.90. The molecule has 0 aliphatic carbocycles. The zero-order valence-electron chi connectivity index (χ0n) is 15.2. The van der Waals surface area contributed by atoms with E-state index in [0.717, 1.165) is 0 Å². The van der Waals surface area contributed by atoms with Crippen LogP contribution in [-0.4, -0.2) is 40.9 Å². The van der Waals surface area contributed by atoms with E-state index in [1.165, 1.54) is 18.2 Å². The number of rotatable bonds is 7. The molecule has 0 spiro atoms. The van der Waals surface area contributed by atoms with Gasteiger partial charge < -0.3 is 15.3 Å². The third-order valence-corrected chi connectivity index (χ3v) is 4.39. The molecule has 0 fully saturated rings. The Hall–Kier alpha value is -2.86. The van der Waals surface area contributed by atoms with E-state index in [9.17, 15) is 14.4 Å². The van der Waals surface area contributed by atoms with Crippen LogP contribution in [0, 0.1) is 0 Å². The van der Waals surface area contributed by atoms with Gasteiger partial charge in [0.05, 0.1) is 22.6 Å². The number of hydrogen-bond donors (Lipinski definition) is 2. The fourth-order valence-corrected chi connectivity index (χ4v) is 2.91. The molecule has 0 unspecified atom stereocenters. The van der Waals surface area contributed by atoms with Crippen molar-refractivity contribution in [3.05, 3.63) is 64.2 Å². The Morgan fingerprint density at radius 1 is 1.07 bits per heavy atom. The van der Waals surface area contributed by atoms with Gasteiger partial charge in [0.1, 0.15) is 0 Å². The molecule has 2 N–H and O–H groups in total. The summed E-state index contributed by atoms with van der Waals surface area (Å²) in [6, 6.07) is 10.9. The zero-order chi connectivity index (χ0) is 20.0. The first-order chi connectivity index (χ1) is 12.8. The lowest BCUT2D eigenvalue weighted by Crippen LogP contribution is -2.30. The zero-order valence-corrected chi connectivity index (χ0v) is 15.9. The second-order valence-corrected chi connectivity index (χ2v) is 6.31. The van der Waals surface area contributed by atoms with Crippen molar-refractivity contribution < 1.29 is 19.5 Å². The first kappa shape index (κ1) is 20.5. The maximum Gasteiger partial charge on any atom is 0.335 e. The smallest absolute Gasteiger partial charge is 0.335 e. The number of carboxylic acid groups (broad SMARTS) is 1. The van der Waals surface area contributed by atoms with E-state index in [2.05, 4.69) is 5.32 Å². The fourth-order valence-electron chi connectivity index (χ4n) is 2.65. The number of benzene rings is 2. The maximum absolute atomic E-state index is 12.4. The van der Waals surface area contributed by atoms with E-state index in [0.29, 0.717) is 29.9 Å². The molecule has 7 heteroatoms. The van der Waals surface area contributed by atoms with Crippen LogP contribution in [0.4, 0.5) is 5.69 Å². The summed E-state index contributed by atoms with van der Waals surface area (Å²) in [5, 5.41) is 12.0. The molecule has 0 saturated heterocycles. The van der Waals surface area contributed by atoms with Crippen LogP contribution in [0.5, 0.6) is 0 Å². The van der Waals surface area contributed by atoms with Gasteiger partial charge in [0, 0.05) is 18.8 Å². The molecular formula is C20H21ClN2O4. The number of nitrogens with one attached hydrogen (secondary N) is 1. The molecule has 0 aromatic heterocycles. The van der Waals surface area contributed by atoms with E-state index in [1.54, 1.807) is 29.2 Å². The van der Waals surface area contributed by atoms with Crippen molar-refractivity contribution in [1.29, 1.82) is 0 Å². The van der Waals surface area contributed by atoms with Crippen molar-refractivity contribution in [3.8, 4) is 0 Å². The van der Waals surface area contributed by atoms with Crippen LogP contribution in [0.2, 0.25) is 5.02 Å². The molecule has 27 heavy (non-hydrogen) atoms. The van der Waals surface area contributed by atoms with Crippen molar-refractivity contribution in [2.24, 2.45) is 0 Å².